The average molecular weight is 308 g/mol. The highest BCUT2D eigenvalue weighted by Crippen LogP contribution is 2.16. The molecule has 0 aliphatic carbocycles. The first-order valence-electron chi connectivity index (χ1n) is 7.12. The molecule has 0 aromatic carbocycles. The summed E-state index contributed by atoms with van der Waals surface area (Å²) >= 11 is 0. The summed E-state index contributed by atoms with van der Waals surface area (Å²) in [5.41, 5.74) is -0.791. The second-order valence-electron chi connectivity index (χ2n) is 6.88. The minimum atomic E-state index is -0.602. The molecule has 1 aromatic heterocycles. The summed E-state index contributed by atoms with van der Waals surface area (Å²) in [5.74, 6) is -0.959. The summed E-state index contributed by atoms with van der Waals surface area (Å²) in [4.78, 5) is 23.9. The molecule has 0 aliphatic heterocycles. The lowest BCUT2D eigenvalue weighted by Crippen LogP contribution is -2.25. The van der Waals surface area contributed by atoms with E-state index in [1.165, 1.54) is 10.8 Å². The molecule has 1 heterocycles. The smallest absolute Gasteiger partial charge is 0.333 e. The van der Waals surface area contributed by atoms with Crippen LogP contribution in [0.4, 0.5) is 0 Å². The Labute approximate surface area is 131 Å². The van der Waals surface area contributed by atoms with Gasteiger partial charge in [0.25, 0.3) is 0 Å². The first-order chi connectivity index (χ1) is 9.96. The molecule has 0 N–H and O–H groups in total. The summed E-state index contributed by atoms with van der Waals surface area (Å²) in [6.07, 6.45) is 4.42. The van der Waals surface area contributed by atoms with Crippen LogP contribution in [-0.2, 0) is 19.1 Å². The molecule has 0 bridgehead atoms. The Morgan fingerprint density at radius 1 is 1.09 bits per heavy atom. The first kappa shape index (κ1) is 17.9. The van der Waals surface area contributed by atoms with Gasteiger partial charge in [0.05, 0.1) is 12.1 Å². The van der Waals surface area contributed by atoms with Crippen LogP contribution in [0.2, 0.25) is 0 Å². The molecule has 0 fully saturated rings. The molecule has 1 aromatic rings. The van der Waals surface area contributed by atoms with Crippen molar-refractivity contribution in [2.24, 2.45) is 0 Å². The van der Waals surface area contributed by atoms with Crippen molar-refractivity contribution in [3.05, 3.63) is 24.5 Å². The molecule has 1 rings (SSSR count). The van der Waals surface area contributed by atoms with Gasteiger partial charge in [-0.3, -0.25) is 4.79 Å². The quantitative estimate of drug-likeness (QED) is 0.632. The first-order valence-corrected chi connectivity index (χ1v) is 7.12. The van der Waals surface area contributed by atoms with Crippen molar-refractivity contribution in [3.63, 3.8) is 0 Å². The fourth-order valence-corrected chi connectivity index (χ4v) is 1.63. The number of esters is 2. The van der Waals surface area contributed by atoms with Gasteiger partial charge in [0, 0.05) is 18.5 Å². The second kappa shape index (κ2) is 6.77. The molecular weight excluding hydrogens is 284 g/mol. The van der Waals surface area contributed by atoms with Crippen LogP contribution in [0.3, 0.4) is 0 Å². The van der Waals surface area contributed by atoms with Crippen LogP contribution >= 0.6 is 0 Å². The summed E-state index contributed by atoms with van der Waals surface area (Å²) < 4.78 is 12.0. The molecule has 0 amide bonds. The van der Waals surface area contributed by atoms with Gasteiger partial charge in [0.2, 0.25) is 0 Å². The fourth-order valence-electron chi connectivity index (χ4n) is 1.63. The van der Waals surface area contributed by atoms with E-state index >= 15 is 0 Å². The van der Waals surface area contributed by atoms with Crippen molar-refractivity contribution >= 4 is 17.6 Å². The van der Waals surface area contributed by atoms with Gasteiger partial charge < -0.3 is 9.47 Å². The van der Waals surface area contributed by atoms with Crippen LogP contribution in [0, 0.1) is 0 Å². The third-order valence-electron chi connectivity index (χ3n) is 2.24. The summed E-state index contributed by atoms with van der Waals surface area (Å²) in [6.45, 7) is 10.7. The van der Waals surface area contributed by atoms with E-state index in [9.17, 15) is 9.59 Å². The van der Waals surface area contributed by atoms with Gasteiger partial charge in [-0.2, -0.15) is 5.10 Å². The predicted molar refractivity (Wildman–Crippen MR) is 82.8 cm³/mol. The maximum absolute atomic E-state index is 12.0. The van der Waals surface area contributed by atoms with E-state index in [4.69, 9.17) is 9.47 Å². The number of carbonyl (C=O) groups is 2. The van der Waals surface area contributed by atoms with Crippen molar-refractivity contribution in [2.75, 3.05) is 0 Å². The van der Waals surface area contributed by atoms with Crippen molar-refractivity contribution < 1.29 is 19.1 Å². The van der Waals surface area contributed by atoms with Gasteiger partial charge in [-0.05, 0) is 47.6 Å². The zero-order valence-electron chi connectivity index (χ0n) is 14.0. The number of hydrogen-bond donors (Lipinski definition) is 0. The van der Waals surface area contributed by atoms with Crippen LogP contribution in [0.15, 0.2) is 24.5 Å². The van der Waals surface area contributed by atoms with E-state index in [0.717, 1.165) is 0 Å². The maximum atomic E-state index is 12.0. The highest BCUT2D eigenvalue weighted by Gasteiger charge is 2.20. The standard InChI is InChI=1S/C16H24N2O4/c1-15(2,3)21-13(19)10-12(18-9-7-8-17-18)11-14(20)22-16(4,5)6/h7-10H,11H2,1-6H3/b12-10-. The lowest BCUT2D eigenvalue weighted by molar-refractivity contribution is -0.153. The van der Waals surface area contributed by atoms with Crippen LogP contribution in [0.25, 0.3) is 5.70 Å². The molecule has 22 heavy (non-hydrogen) atoms. The van der Waals surface area contributed by atoms with E-state index in [2.05, 4.69) is 5.10 Å². The van der Waals surface area contributed by atoms with Crippen molar-refractivity contribution in [2.45, 2.75) is 59.2 Å². The van der Waals surface area contributed by atoms with Crippen molar-refractivity contribution in [3.8, 4) is 0 Å². The molecule has 0 unspecified atom stereocenters. The predicted octanol–water partition coefficient (Wildman–Crippen LogP) is 2.80. The minimum Gasteiger partial charge on any atom is -0.460 e. The molecule has 0 radical (unpaired) electrons. The van der Waals surface area contributed by atoms with Gasteiger partial charge in [-0.15, -0.1) is 0 Å². The number of hydrogen-bond acceptors (Lipinski definition) is 5. The largest absolute Gasteiger partial charge is 0.460 e. The van der Waals surface area contributed by atoms with Gasteiger partial charge in [0.15, 0.2) is 0 Å². The van der Waals surface area contributed by atoms with E-state index in [1.54, 1.807) is 60.0 Å². The monoisotopic (exact) mass is 308 g/mol. The fraction of sp³-hybridized carbons (Fsp3) is 0.562. The van der Waals surface area contributed by atoms with Gasteiger partial charge in [-0.1, -0.05) is 0 Å². The highest BCUT2D eigenvalue weighted by molar-refractivity contribution is 5.92. The van der Waals surface area contributed by atoms with Crippen molar-refractivity contribution in [1.29, 1.82) is 0 Å². The zero-order chi connectivity index (χ0) is 17.0. The molecule has 0 saturated carbocycles. The zero-order valence-corrected chi connectivity index (χ0v) is 14.0. The third-order valence-corrected chi connectivity index (χ3v) is 2.24. The summed E-state index contributed by atoms with van der Waals surface area (Å²) in [5, 5.41) is 4.05. The lowest BCUT2D eigenvalue weighted by atomic mass is 10.2. The average Bonchev–Trinajstić information content (AvgIpc) is 2.75. The van der Waals surface area contributed by atoms with E-state index in [0.29, 0.717) is 5.70 Å². The van der Waals surface area contributed by atoms with Gasteiger partial charge >= 0.3 is 11.9 Å². The number of rotatable bonds is 4. The maximum Gasteiger partial charge on any atom is 0.333 e. The third kappa shape index (κ3) is 7.06. The minimum absolute atomic E-state index is 0.0712. The molecular formula is C16H24N2O4. The molecule has 0 saturated heterocycles. The summed E-state index contributed by atoms with van der Waals surface area (Å²) in [6, 6.07) is 1.71. The van der Waals surface area contributed by atoms with E-state index < -0.39 is 23.1 Å². The number of carbonyl (C=O) groups excluding carboxylic acids is 2. The number of aromatic nitrogens is 2. The Morgan fingerprint density at radius 2 is 1.68 bits per heavy atom. The Bertz CT molecular complexity index is 546. The topological polar surface area (TPSA) is 70.4 Å². The lowest BCUT2D eigenvalue weighted by Gasteiger charge is -2.20. The summed E-state index contributed by atoms with van der Waals surface area (Å²) in [7, 11) is 0. The van der Waals surface area contributed by atoms with Crippen LogP contribution in [0.1, 0.15) is 48.0 Å². The Kier molecular flexibility index (Phi) is 5.52. The van der Waals surface area contributed by atoms with Crippen molar-refractivity contribution in [1.82, 2.24) is 9.78 Å². The molecule has 0 aliphatic rings. The second-order valence-corrected chi connectivity index (χ2v) is 6.88. The van der Waals surface area contributed by atoms with Gasteiger partial charge in [0.1, 0.15) is 11.2 Å². The Morgan fingerprint density at radius 3 is 2.14 bits per heavy atom. The Balaban J connectivity index is 2.91. The SMILES string of the molecule is CC(C)(C)OC(=O)/C=C(/CC(=O)OC(C)(C)C)n1cccn1. The van der Waals surface area contributed by atoms with Crippen LogP contribution in [-0.4, -0.2) is 32.9 Å². The molecule has 0 atom stereocenters. The molecule has 6 nitrogen and oxygen atoms in total. The number of ether oxygens (including phenoxy) is 2. The normalized spacial score (nSPS) is 12.9. The van der Waals surface area contributed by atoms with E-state index in [-0.39, 0.29) is 6.42 Å². The molecule has 122 valence electrons. The molecule has 0 spiro atoms. The number of nitrogens with zero attached hydrogens (tertiary/aromatic N) is 2. The van der Waals surface area contributed by atoms with E-state index in [1.807, 2.05) is 0 Å². The van der Waals surface area contributed by atoms with Gasteiger partial charge in [-0.25, -0.2) is 9.48 Å². The van der Waals surface area contributed by atoms with Crippen LogP contribution < -0.4 is 0 Å². The highest BCUT2D eigenvalue weighted by atomic mass is 16.6. The molecule has 6 heteroatoms. The Hall–Kier alpha value is -2.11. The van der Waals surface area contributed by atoms with Crippen LogP contribution in [0.5, 0.6) is 0 Å².